The van der Waals surface area contributed by atoms with Gasteiger partial charge in [-0.1, -0.05) is 79.9 Å². The number of benzene rings is 2. The Labute approximate surface area is 144 Å². The van der Waals surface area contributed by atoms with E-state index in [-0.39, 0.29) is 12.0 Å². The molecule has 0 aromatic heterocycles. The lowest BCUT2D eigenvalue weighted by Crippen LogP contribution is -2.44. The van der Waals surface area contributed by atoms with Gasteiger partial charge in [-0.05, 0) is 31.0 Å². The highest BCUT2D eigenvalue weighted by molar-refractivity contribution is 5.32. The minimum Gasteiger partial charge on any atom is -0.483 e. The Morgan fingerprint density at radius 2 is 1.46 bits per heavy atom. The maximum absolute atomic E-state index is 8.36. The lowest BCUT2D eigenvalue weighted by atomic mass is 9.75. The molecule has 0 radical (unpaired) electrons. The predicted molar refractivity (Wildman–Crippen MR) is 97.8 cm³/mol. The molecule has 0 aliphatic heterocycles. The molecule has 0 spiro atoms. The molecule has 0 heterocycles. The third-order valence-corrected chi connectivity index (χ3v) is 4.99. The number of hydrogen-bond acceptors (Lipinski definition) is 2. The van der Waals surface area contributed by atoms with Crippen LogP contribution in [0.5, 0.6) is 0 Å². The van der Waals surface area contributed by atoms with Crippen molar-refractivity contribution in [3.8, 4) is 0 Å². The van der Waals surface area contributed by atoms with Crippen molar-refractivity contribution in [3.05, 3.63) is 71.8 Å². The van der Waals surface area contributed by atoms with Gasteiger partial charge in [0.15, 0.2) is 0 Å². The van der Waals surface area contributed by atoms with Crippen LogP contribution >= 0.6 is 0 Å². The maximum atomic E-state index is 8.36. The Morgan fingerprint density at radius 3 is 2.00 bits per heavy atom. The van der Waals surface area contributed by atoms with Crippen LogP contribution < -0.4 is 0 Å². The van der Waals surface area contributed by atoms with Gasteiger partial charge in [0.25, 0.3) is 6.47 Å². The number of carbonyl (C=O) groups is 1. The Morgan fingerprint density at radius 1 is 0.958 bits per heavy atom. The molecule has 2 aromatic carbocycles. The Bertz CT molecular complexity index is 592. The molecule has 24 heavy (non-hydrogen) atoms. The first kappa shape index (κ1) is 18.2. The minimum atomic E-state index is -0.250. The van der Waals surface area contributed by atoms with E-state index in [1.165, 1.54) is 43.2 Å². The second kappa shape index (κ2) is 9.24. The van der Waals surface area contributed by atoms with Crippen LogP contribution in [0.15, 0.2) is 60.7 Å². The van der Waals surface area contributed by atoms with E-state index in [4.69, 9.17) is 9.90 Å². The third kappa shape index (κ3) is 4.45. The summed E-state index contributed by atoms with van der Waals surface area (Å²) < 4.78 is 0. The molecule has 1 aliphatic rings. The number of nitrogens with zero attached hydrogens (tertiary/aromatic N) is 1. The van der Waals surface area contributed by atoms with Gasteiger partial charge >= 0.3 is 0 Å². The van der Waals surface area contributed by atoms with E-state index in [0.29, 0.717) is 0 Å². The minimum absolute atomic E-state index is 0.218. The summed E-state index contributed by atoms with van der Waals surface area (Å²) in [7, 11) is 2.30. The summed E-state index contributed by atoms with van der Waals surface area (Å²) in [5, 5.41) is 6.89. The molecular weight excluding hydrogens is 298 g/mol. The predicted octanol–water partition coefficient (Wildman–Crippen LogP) is 4.68. The van der Waals surface area contributed by atoms with Gasteiger partial charge in [-0.25, -0.2) is 0 Å². The van der Waals surface area contributed by atoms with Crippen molar-refractivity contribution < 1.29 is 9.90 Å². The van der Waals surface area contributed by atoms with Crippen molar-refractivity contribution in [2.45, 2.75) is 44.2 Å². The molecule has 128 valence electrons. The fourth-order valence-corrected chi connectivity index (χ4v) is 3.78. The van der Waals surface area contributed by atoms with Gasteiger partial charge in [0.2, 0.25) is 0 Å². The normalized spacial score (nSPS) is 16.1. The molecule has 2 aromatic rings. The van der Waals surface area contributed by atoms with Crippen LogP contribution in [0.3, 0.4) is 0 Å². The summed E-state index contributed by atoms with van der Waals surface area (Å²) >= 11 is 0. The second-order valence-corrected chi connectivity index (χ2v) is 6.41. The molecule has 0 bridgehead atoms. The average molecular weight is 325 g/mol. The number of rotatable bonds is 4. The summed E-state index contributed by atoms with van der Waals surface area (Å²) in [5.74, 6) is 0. The number of carboxylic acid groups (broad SMARTS) is 1. The van der Waals surface area contributed by atoms with Crippen molar-refractivity contribution >= 4 is 6.47 Å². The van der Waals surface area contributed by atoms with Crippen LogP contribution in [0.4, 0.5) is 0 Å². The summed E-state index contributed by atoms with van der Waals surface area (Å²) in [6, 6.07) is 22.0. The molecule has 1 aliphatic carbocycles. The molecule has 1 fully saturated rings. The van der Waals surface area contributed by atoms with Crippen LogP contribution in [0.2, 0.25) is 0 Å². The van der Waals surface area contributed by atoms with Crippen LogP contribution in [0.1, 0.15) is 43.2 Å². The van der Waals surface area contributed by atoms with E-state index in [2.05, 4.69) is 72.6 Å². The van der Waals surface area contributed by atoms with E-state index < -0.39 is 0 Å². The van der Waals surface area contributed by atoms with Crippen molar-refractivity contribution in [1.82, 2.24) is 4.90 Å². The van der Waals surface area contributed by atoms with Gasteiger partial charge in [-0.15, -0.1) is 0 Å². The smallest absolute Gasteiger partial charge is 0.290 e. The van der Waals surface area contributed by atoms with Gasteiger partial charge in [-0.3, -0.25) is 9.69 Å². The molecule has 3 rings (SSSR count). The summed E-state index contributed by atoms with van der Waals surface area (Å²) in [6.07, 6.45) is 6.62. The quantitative estimate of drug-likeness (QED) is 0.830. The zero-order valence-electron chi connectivity index (χ0n) is 14.4. The molecular formula is C21H27NO2. The summed E-state index contributed by atoms with van der Waals surface area (Å²) in [6.45, 7) is 0.774. The van der Waals surface area contributed by atoms with E-state index in [1.54, 1.807) is 0 Å². The molecule has 1 N–H and O–H groups in total. The van der Waals surface area contributed by atoms with Gasteiger partial charge < -0.3 is 5.11 Å². The zero-order chi connectivity index (χ0) is 17.3. The Balaban J connectivity index is 0.000000647. The Kier molecular flexibility index (Phi) is 7.01. The number of hydrogen-bond donors (Lipinski definition) is 1. The topological polar surface area (TPSA) is 40.5 Å². The van der Waals surface area contributed by atoms with E-state index in [9.17, 15) is 0 Å². The van der Waals surface area contributed by atoms with Crippen molar-refractivity contribution in [3.63, 3.8) is 0 Å². The monoisotopic (exact) mass is 325 g/mol. The fourth-order valence-electron chi connectivity index (χ4n) is 3.78. The highest BCUT2D eigenvalue weighted by atomic mass is 16.3. The summed E-state index contributed by atoms with van der Waals surface area (Å²) in [4.78, 5) is 10.9. The Hall–Kier alpha value is -2.13. The van der Waals surface area contributed by atoms with E-state index in [0.717, 1.165) is 6.54 Å². The highest BCUT2D eigenvalue weighted by Crippen LogP contribution is 2.42. The van der Waals surface area contributed by atoms with Gasteiger partial charge in [-0.2, -0.15) is 0 Å². The first-order valence-corrected chi connectivity index (χ1v) is 8.61. The highest BCUT2D eigenvalue weighted by Gasteiger charge is 2.37. The van der Waals surface area contributed by atoms with Crippen molar-refractivity contribution in [2.24, 2.45) is 0 Å². The molecule has 1 saturated carbocycles. The lowest BCUT2D eigenvalue weighted by molar-refractivity contribution is -0.122. The lowest BCUT2D eigenvalue weighted by Gasteiger charge is -2.45. The molecule has 0 atom stereocenters. The maximum Gasteiger partial charge on any atom is 0.290 e. The average Bonchev–Trinajstić information content (AvgIpc) is 2.64. The van der Waals surface area contributed by atoms with Crippen LogP contribution in [-0.2, 0) is 16.9 Å². The van der Waals surface area contributed by atoms with Crippen LogP contribution in [-0.4, -0.2) is 23.5 Å². The van der Waals surface area contributed by atoms with E-state index >= 15 is 0 Å². The van der Waals surface area contributed by atoms with Gasteiger partial charge in [0.1, 0.15) is 0 Å². The summed E-state index contributed by atoms with van der Waals surface area (Å²) in [5.41, 5.74) is 3.11. The molecule has 0 unspecified atom stereocenters. The fraction of sp³-hybridized carbons (Fsp3) is 0.381. The van der Waals surface area contributed by atoms with E-state index in [1.807, 2.05) is 0 Å². The molecule has 0 amide bonds. The van der Waals surface area contributed by atoms with Gasteiger partial charge in [0, 0.05) is 12.1 Å². The second-order valence-electron chi connectivity index (χ2n) is 6.41. The van der Waals surface area contributed by atoms with Crippen LogP contribution in [0.25, 0.3) is 0 Å². The van der Waals surface area contributed by atoms with Gasteiger partial charge in [0.05, 0.1) is 0 Å². The first-order chi connectivity index (χ1) is 11.7. The molecule has 0 saturated heterocycles. The standard InChI is InChI=1S/C20H25N.CH2O2/c1-21(17-18-11-5-2-6-12-18)20(15-9-4-10-16-20)19-13-7-3-8-14-19;2-1-3/h2-3,5-8,11-14H,4,9-10,15-17H2,1H3;1H,(H,2,3). The largest absolute Gasteiger partial charge is 0.483 e. The molecule has 3 heteroatoms. The SMILES string of the molecule is CN(Cc1ccccc1)C1(c2ccccc2)CCCCC1.O=CO. The van der Waals surface area contributed by atoms with Crippen LogP contribution in [0, 0.1) is 0 Å². The first-order valence-electron chi connectivity index (χ1n) is 8.61. The zero-order valence-corrected chi connectivity index (χ0v) is 14.4. The molecule has 3 nitrogen and oxygen atoms in total. The van der Waals surface area contributed by atoms with Crippen molar-refractivity contribution in [1.29, 1.82) is 0 Å². The third-order valence-electron chi connectivity index (χ3n) is 4.99. The van der Waals surface area contributed by atoms with Crippen molar-refractivity contribution in [2.75, 3.05) is 7.05 Å².